The lowest BCUT2D eigenvalue weighted by molar-refractivity contribution is 0.178. The van der Waals surface area contributed by atoms with Gasteiger partial charge in [-0.1, -0.05) is 30.3 Å². The first-order chi connectivity index (χ1) is 11.8. The molecule has 1 aromatic carbocycles. The molecule has 1 aliphatic rings. The molecule has 0 spiro atoms. The monoisotopic (exact) mass is 328 g/mol. The van der Waals surface area contributed by atoms with Gasteiger partial charge in [0.15, 0.2) is 0 Å². The lowest BCUT2D eigenvalue weighted by atomic mass is 9.95. The first-order valence-electron chi connectivity index (χ1n) is 8.47. The predicted octanol–water partition coefficient (Wildman–Crippen LogP) is 1.96. The number of urea groups is 1. The molecule has 1 aliphatic heterocycles. The van der Waals surface area contributed by atoms with Crippen molar-refractivity contribution in [3.05, 3.63) is 53.9 Å². The fourth-order valence-electron chi connectivity index (χ4n) is 3.11. The van der Waals surface area contributed by atoms with Gasteiger partial charge in [-0.05, 0) is 24.5 Å². The van der Waals surface area contributed by atoms with E-state index < -0.39 is 0 Å². The summed E-state index contributed by atoms with van der Waals surface area (Å²) < 4.78 is 1.75. The van der Waals surface area contributed by atoms with Crippen molar-refractivity contribution in [1.29, 1.82) is 0 Å². The maximum absolute atomic E-state index is 12.4. The van der Waals surface area contributed by atoms with Crippen LogP contribution in [-0.4, -0.2) is 45.5 Å². The maximum Gasteiger partial charge on any atom is 0.317 e. The highest BCUT2D eigenvalue weighted by molar-refractivity contribution is 5.74. The van der Waals surface area contributed by atoms with Crippen LogP contribution >= 0.6 is 0 Å². The zero-order valence-electron chi connectivity index (χ0n) is 13.8. The van der Waals surface area contributed by atoms with Crippen molar-refractivity contribution in [3.8, 4) is 0 Å². The number of benzene rings is 1. The van der Waals surface area contributed by atoms with Crippen LogP contribution in [-0.2, 0) is 13.1 Å². The van der Waals surface area contributed by atoms with Crippen molar-refractivity contribution in [3.63, 3.8) is 0 Å². The van der Waals surface area contributed by atoms with Crippen LogP contribution in [0.2, 0.25) is 0 Å². The quantitative estimate of drug-likeness (QED) is 0.881. The number of nitrogens with one attached hydrogen (secondary N) is 1. The Morgan fingerprint density at radius 2 is 2.12 bits per heavy atom. The highest BCUT2D eigenvalue weighted by Gasteiger charge is 2.26. The van der Waals surface area contributed by atoms with E-state index in [9.17, 15) is 4.79 Å². The van der Waals surface area contributed by atoms with E-state index in [1.165, 1.54) is 0 Å². The Kier molecular flexibility index (Phi) is 5.48. The second-order valence-electron chi connectivity index (χ2n) is 6.16. The number of aliphatic hydroxyl groups is 1. The zero-order valence-corrected chi connectivity index (χ0v) is 13.8. The molecule has 3 rings (SSSR count). The van der Waals surface area contributed by atoms with Crippen LogP contribution in [0, 0.1) is 0 Å². The summed E-state index contributed by atoms with van der Waals surface area (Å²) in [4.78, 5) is 14.3. The topological polar surface area (TPSA) is 70.4 Å². The molecule has 0 saturated carbocycles. The van der Waals surface area contributed by atoms with Gasteiger partial charge in [-0.25, -0.2) is 4.79 Å². The summed E-state index contributed by atoms with van der Waals surface area (Å²) in [5.41, 5.74) is 2.10. The SMILES string of the molecule is O=C(NCc1ccccc1)N1CCCC(c2ccn(CCO)n2)C1. The molecule has 1 aromatic heterocycles. The lowest BCUT2D eigenvalue weighted by Crippen LogP contribution is -2.44. The van der Waals surface area contributed by atoms with Crippen LogP contribution in [0.1, 0.15) is 30.0 Å². The van der Waals surface area contributed by atoms with Crippen molar-refractivity contribution in [2.75, 3.05) is 19.7 Å². The second kappa shape index (κ2) is 7.97. The second-order valence-corrected chi connectivity index (χ2v) is 6.16. The zero-order chi connectivity index (χ0) is 16.8. The van der Waals surface area contributed by atoms with E-state index in [1.807, 2.05) is 47.5 Å². The molecule has 0 bridgehead atoms. The molecule has 2 amide bonds. The maximum atomic E-state index is 12.4. The number of carbonyl (C=O) groups is 1. The van der Waals surface area contributed by atoms with Crippen LogP contribution in [0.5, 0.6) is 0 Å². The van der Waals surface area contributed by atoms with Crippen molar-refractivity contribution in [1.82, 2.24) is 20.0 Å². The van der Waals surface area contributed by atoms with Crippen molar-refractivity contribution < 1.29 is 9.90 Å². The predicted molar refractivity (Wildman–Crippen MR) is 91.5 cm³/mol. The molecule has 24 heavy (non-hydrogen) atoms. The number of amides is 2. The molecular formula is C18H24N4O2. The lowest BCUT2D eigenvalue weighted by Gasteiger charge is -2.32. The standard InChI is InChI=1S/C18H24N4O2/c23-12-11-22-10-8-17(20-22)16-7-4-9-21(14-16)18(24)19-13-15-5-2-1-3-6-15/h1-3,5-6,8,10,16,23H,4,7,9,11-14H2,(H,19,24). The summed E-state index contributed by atoms with van der Waals surface area (Å²) in [6.45, 7) is 2.62. The van der Waals surface area contributed by atoms with Gasteiger partial charge < -0.3 is 15.3 Å². The minimum absolute atomic E-state index is 0.0154. The minimum Gasteiger partial charge on any atom is -0.394 e. The smallest absolute Gasteiger partial charge is 0.317 e. The van der Waals surface area contributed by atoms with Gasteiger partial charge in [-0.15, -0.1) is 0 Å². The highest BCUT2D eigenvalue weighted by atomic mass is 16.3. The first kappa shape index (κ1) is 16.5. The van der Waals surface area contributed by atoms with Crippen molar-refractivity contribution in [2.24, 2.45) is 0 Å². The van der Waals surface area contributed by atoms with E-state index in [-0.39, 0.29) is 18.6 Å². The molecule has 1 unspecified atom stereocenters. The Labute approximate surface area is 142 Å². The number of likely N-dealkylation sites (tertiary alicyclic amines) is 1. The van der Waals surface area contributed by atoms with Gasteiger partial charge in [0.2, 0.25) is 0 Å². The van der Waals surface area contributed by atoms with E-state index in [1.54, 1.807) is 4.68 Å². The number of aromatic nitrogens is 2. The van der Waals surface area contributed by atoms with E-state index in [0.717, 1.165) is 30.6 Å². The van der Waals surface area contributed by atoms with Gasteiger partial charge in [0.05, 0.1) is 18.8 Å². The molecule has 6 nitrogen and oxygen atoms in total. The Hall–Kier alpha value is -2.34. The summed E-state index contributed by atoms with van der Waals surface area (Å²) in [5.74, 6) is 0.265. The summed E-state index contributed by atoms with van der Waals surface area (Å²) in [6, 6.07) is 11.9. The number of aliphatic hydroxyl groups excluding tert-OH is 1. The minimum atomic E-state index is -0.0154. The Bertz CT molecular complexity index is 656. The Balaban J connectivity index is 1.55. The molecule has 1 saturated heterocycles. The molecule has 6 heteroatoms. The van der Waals surface area contributed by atoms with Crippen LogP contribution < -0.4 is 5.32 Å². The first-order valence-corrected chi connectivity index (χ1v) is 8.47. The molecule has 1 fully saturated rings. The molecule has 128 valence electrons. The highest BCUT2D eigenvalue weighted by Crippen LogP contribution is 2.25. The Morgan fingerprint density at radius 1 is 1.29 bits per heavy atom. The largest absolute Gasteiger partial charge is 0.394 e. The van der Waals surface area contributed by atoms with E-state index in [2.05, 4.69) is 10.4 Å². The molecule has 2 aromatic rings. The van der Waals surface area contributed by atoms with Gasteiger partial charge in [-0.3, -0.25) is 4.68 Å². The fourth-order valence-corrected chi connectivity index (χ4v) is 3.11. The molecule has 1 atom stereocenters. The van der Waals surface area contributed by atoms with Crippen molar-refractivity contribution >= 4 is 6.03 Å². The third-order valence-electron chi connectivity index (χ3n) is 4.40. The third kappa shape index (κ3) is 4.14. The normalized spacial score (nSPS) is 17.7. The number of rotatable bonds is 5. The van der Waals surface area contributed by atoms with Crippen LogP contribution in [0.15, 0.2) is 42.6 Å². The fraction of sp³-hybridized carbons (Fsp3) is 0.444. The number of carbonyl (C=O) groups excluding carboxylic acids is 1. The van der Waals surface area contributed by atoms with E-state index >= 15 is 0 Å². The van der Waals surface area contributed by atoms with E-state index in [0.29, 0.717) is 19.6 Å². The van der Waals surface area contributed by atoms with Gasteiger partial charge in [-0.2, -0.15) is 5.10 Å². The van der Waals surface area contributed by atoms with E-state index in [4.69, 9.17) is 5.11 Å². The molecule has 0 radical (unpaired) electrons. The Morgan fingerprint density at radius 3 is 2.92 bits per heavy atom. The average molecular weight is 328 g/mol. The molecule has 2 N–H and O–H groups in total. The van der Waals surface area contributed by atoms with Crippen LogP contribution in [0.4, 0.5) is 4.79 Å². The van der Waals surface area contributed by atoms with Gasteiger partial charge in [0, 0.05) is 31.7 Å². The molecule has 0 aliphatic carbocycles. The summed E-state index contributed by atoms with van der Waals surface area (Å²) in [5, 5.41) is 16.5. The number of nitrogens with zero attached hydrogens (tertiary/aromatic N) is 3. The number of piperidine rings is 1. The summed E-state index contributed by atoms with van der Waals surface area (Å²) in [7, 11) is 0. The third-order valence-corrected chi connectivity index (χ3v) is 4.40. The molecular weight excluding hydrogens is 304 g/mol. The van der Waals surface area contributed by atoms with Crippen LogP contribution in [0.25, 0.3) is 0 Å². The van der Waals surface area contributed by atoms with Crippen LogP contribution in [0.3, 0.4) is 0 Å². The van der Waals surface area contributed by atoms with Crippen molar-refractivity contribution in [2.45, 2.75) is 31.8 Å². The van der Waals surface area contributed by atoms with Gasteiger partial charge in [0.1, 0.15) is 0 Å². The molecule has 2 heterocycles. The van der Waals surface area contributed by atoms with Gasteiger partial charge in [0.25, 0.3) is 0 Å². The summed E-state index contributed by atoms with van der Waals surface area (Å²) in [6.07, 6.45) is 3.91. The average Bonchev–Trinajstić information content (AvgIpc) is 3.10. The number of hydrogen-bond acceptors (Lipinski definition) is 3. The number of hydrogen-bond donors (Lipinski definition) is 2. The van der Waals surface area contributed by atoms with Gasteiger partial charge >= 0.3 is 6.03 Å². The summed E-state index contributed by atoms with van der Waals surface area (Å²) >= 11 is 0.